The van der Waals surface area contributed by atoms with Gasteiger partial charge in [-0.05, 0) is 0 Å². The molecule has 6 heteroatoms. The third-order valence-electron chi connectivity index (χ3n) is 0. The molecule has 0 heterocycles. The van der Waals surface area contributed by atoms with Crippen LogP contribution in [-0.2, 0) is 0 Å². The second-order valence-corrected chi connectivity index (χ2v) is 6.68. The molecule has 0 aliphatic carbocycles. The minimum Gasteiger partial charge on any atom is -1.00 e. The Bertz CT molecular complexity index is 15.5. The molecule has 0 saturated heterocycles. The third kappa shape index (κ3) is 25.1. The van der Waals surface area contributed by atoms with Crippen LogP contribution < -0.4 is 75.4 Å². The molecule has 0 radical (unpaired) electrons. The van der Waals surface area contributed by atoms with Gasteiger partial charge in [0.25, 0.3) is 0 Å². The number of rotatable bonds is 0. The molecule has 0 aromatic rings. The van der Waals surface area contributed by atoms with Gasteiger partial charge in [0, 0.05) is 0 Å². The summed E-state index contributed by atoms with van der Waals surface area (Å²) in [5, 5.41) is 0. The summed E-state index contributed by atoms with van der Waals surface area (Å²) in [7, 11) is 14.8. The van der Waals surface area contributed by atoms with E-state index in [1.807, 2.05) is 0 Å². The summed E-state index contributed by atoms with van der Waals surface area (Å²) >= 11 is -1.72. The van der Waals surface area contributed by atoms with E-state index in [1.165, 1.54) is 0 Å². The van der Waals surface area contributed by atoms with Crippen molar-refractivity contribution >= 4 is 41.5 Å². The molecule has 0 aliphatic heterocycles. The molecule has 0 atom stereocenters. The molecule has 6 heavy (non-hydrogen) atoms. The maximum absolute atomic E-state index is 4.94. The zero-order valence-electron chi connectivity index (χ0n) is 3.09. The van der Waals surface area contributed by atoms with E-state index < -0.39 is 11.4 Å². The van der Waals surface area contributed by atoms with Gasteiger partial charge < -0.3 is 24.0 Å². The van der Waals surface area contributed by atoms with Crippen LogP contribution in [0.5, 0.6) is 0 Å². The molecule has 0 bridgehead atoms. The Morgan fingerprint density at radius 2 is 1.00 bits per heavy atom. The van der Waals surface area contributed by atoms with Crippen LogP contribution in [0.2, 0.25) is 0 Å². The van der Waals surface area contributed by atoms with Crippen molar-refractivity contribution in [1.82, 2.24) is 0 Å². The van der Waals surface area contributed by atoms with E-state index in [2.05, 4.69) is 0 Å². The fraction of sp³-hybridized carbons (Fsp3) is 0. The van der Waals surface area contributed by atoms with Crippen LogP contribution in [0.15, 0.2) is 0 Å². The average Bonchev–Trinajstić information content (AvgIpc) is 0.811. The largest absolute Gasteiger partial charge is 1.00 e. The molecule has 0 nitrogen and oxygen atoms in total. The quantitative estimate of drug-likeness (QED) is 0.314. The monoisotopic (exact) mass is 298 g/mol. The normalized spacial score (nSPS) is 4.50. The standard InChI is InChI=1S/Al.3ClH.HI.K/h;4*1H;/q+3;;;;;+1/p-4. The second kappa shape index (κ2) is 11.6. The van der Waals surface area contributed by atoms with Gasteiger partial charge in [-0.25, -0.2) is 30.1 Å². The Kier molecular flexibility index (Phi) is 31.6. The fourth-order valence-corrected chi connectivity index (χ4v) is 0. The molecule has 0 fully saturated rings. The summed E-state index contributed by atoms with van der Waals surface area (Å²) in [4.78, 5) is 0. The van der Waals surface area contributed by atoms with Crippen molar-refractivity contribution in [3.63, 3.8) is 0 Å². The molecule has 0 N–H and O–H groups in total. The molecule has 0 saturated carbocycles. The summed E-state index contributed by atoms with van der Waals surface area (Å²) in [5.41, 5.74) is 0. The van der Waals surface area contributed by atoms with Gasteiger partial charge in [0.15, 0.2) is 0 Å². The van der Waals surface area contributed by atoms with Crippen LogP contribution >= 0.6 is 30.1 Å². The van der Waals surface area contributed by atoms with Crippen molar-refractivity contribution in [2.24, 2.45) is 0 Å². The summed E-state index contributed by atoms with van der Waals surface area (Å²) < 4.78 is 0. The van der Waals surface area contributed by atoms with Gasteiger partial charge in [-0.15, -0.1) is 0 Å². The Hall–Kier alpha value is 3.77. The van der Waals surface area contributed by atoms with Crippen molar-refractivity contribution in [3.8, 4) is 0 Å². The van der Waals surface area contributed by atoms with Crippen molar-refractivity contribution in [2.75, 3.05) is 0 Å². The average molecular weight is 299 g/mol. The predicted octanol–water partition coefficient (Wildman–Crippen LogP) is -4.30. The Morgan fingerprint density at radius 1 is 1.00 bits per heavy atom. The van der Waals surface area contributed by atoms with Crippen LogP contribution in [0.3, 0.4) is 0 Å². The SMILES string of the molecule is [Cl][Al]([Cl])[Cl].[I-].[K+]. The van der Waals surface area contributed by atoms with Gasteiger partial charge in [-0.2, -0.15) is 0 Å². The van der Waals surface area contributed by atoms with Gasteiger partial charge in [-0.3, -0.25) is 0 Å². The van der Waals surface area contributed by atoms with Crippen LogP contribution in [0.4, 0.5) is 0 Å². The summed E-state index contributed by atoms with van der Waals surface area (Å²) in [6.45, 7) is 0. The van der Waals surface area contributed by atoms with E-state index in [1.54, 1.807) is 0 Å². The first-order valence-corrected chi connectivity index (χ1v) is 5.89. The Labute approximate surface area is 114 Å². The summed E-state index contributed by atoms with van der Waals surface area (Å²) in [5.74, 6) is 0. The van der Waals surface area contributed by atoms with Crippen molar-refractivity contribution in [1.29, 1.82) is 0 Å². The minimum absolute atomic E-state index is 0. The molecule has 0 aromatic heterocycles. The topological polar surface area (TPSA) is 0 Å². The third-order valence-corrected chi connectivity index (χ3v) is 0. The first kappa shape index (κ1) is 16.4. The molecule has 0 aromatic carbocycles. The molecule has 0 unspecified atom stereocenters. The van der Waals surface area contributed by atoms with Gasteiger partial charge in [0.1, 0.15) is 0 Å². The van der Waals surface area contributed by atoms with Crippen LogP contribution in [0.1, 0.15) is 0 Å². The molecule has 0 amide bonds. The van der Waals surface area contributed by atoms with E-state index in [-0.39, 0.29) is 75.4 Å². The molecular formula is AlCl3IK. The van der Waals surface area contributed by atoms with Gasteiger partial charge in [0.2, 0.25) is 0 Å². The van der Waals surface area contributed by atoms with Gasteiger partial charge >= 0.3 is 62.8 Å². The zero-order valence-corrected chi connectivity index (χ0v) is 11.8. The predicted molar refractivity (Wildman–Crippen MR) is 23.3 cm³/mol. The van der Waals surface area contributed by atoms with Crippen molar-refractivity contribution < 1.29 is 75.4 Å². The Morgan fingerprint density at radius 3 is 1.00 bits per heavy atom. The molecule has 0 rings (SSSR count). The van der Waals surface area contributed by atoms with Crippen LogP contribution in [-0.4, -0.2) is 11.4 Å². The van der Waals surface area contributed by atoms with Crippen molar-refractivity contribution in [3.05, 3.63) is 0 Å². The van der Waals surface area contributed by atoms with Gasteiger partial charge in [0.05, 0.1) is 0 Å². The Balaban J connectivity index is -0.0000000450. The van der Waals surface area contributed by atoms with Crippen LogP contribution in [0.25, 0.3) is 0 Å². The number of hydrogen-bond donors (Lipinski definition) is 0. The van der Waals surface area contributed by atoms with Crippen molar-refractivity contribution in [2.45, 2.75) is 0 Å². The molecule has 0 spiro atoms. The smallest absolute Gasteiger partial charge is 1.00 e. The van der Waals surface area contributed by atoms with E-state index in [0.29, 0.717) is 0 Å². The van der Waals surface area contributed by atoms with E-state index >= 15 is 0 Å². The maximum Gasteiger partial charge on any atom is 1.00 e. The first-order chi connectivity index (χ1) is 1.73. The summed E-state index contributed by atoms with van der Waals surface area (Å²) in [6, 6.07) is 0. The van der Waals surface area contributed by atoms with Gasteiger partial charge in [-0.1, -0.05) is 0 Å². The van der Waals surface area contributed by atoms with E-state index in [4.69, 9.17) is 30.1 Å². The fourth-order valence-electron chi connectivity index (χ4n) is 0. The number of hydrogen-bond acceptors (Lipinski definition) is 0. The molecular weight excluding hydrogens is 299 g/mol. The maximum atomic E-state index is 4.94. The van der Waals surface area contributed by atoms with E-state index in [9.17, 15) is 0 Å². The second-order valence-electron chi connectivity index (χ2n) is 0.247. The first-order valence-electron chi connectivity index (χ1n) is 0.655. The summed E-state index contributed by atoms with van der Waals surface area (Å²) in [6.07, 6.45) is 0. The molecule has 0 aliphatic rings. The number of halogens is 4. The van der Waals surface area contributed by atoms with E-state index in [0.717, 1.165) is 0 Å². The zero-order chi connectivity index (χ0) is 3.58. The minimum atomic E-state index is -1.72. The van der Waals surface area contributed by atoms with Crippen LogP contribution in [0, 0.1) is 0 Å². The molecule has 32 valence electrons.